The van der Waals surface area contributed by atoms with Gasteiger partial charge in [0.25, 0.3) is 5.82 Å². The third kappa shape index (κ3) is 5.63. The maximum atomic E-state index is 13.2. The van der Waals surface area contributed by atoms with Gasteiger partial charge in [-0.15, -0.1) is 15.3 Å². The molecular weight excluding hydrogens is 487 g/mol. The Morgan fingerprint density at radius 2 is 1.76 bits per heavy atom. The molecule has 198 valence electrons. The SMILES string of the molecule is CC(CN1CCN(C)C(=O)C1)Oc1ccc(C2CCN(c3ccc4nnc(C(F)(F)F)n4n3)CC2)cc1. The Hall–Kier alpha value is -3.41. The Morgan fingerprint density at radius 1 is 1.03 bits per heavy atom. The summed E-state index contributed by atoms with van der Waals surface area (Å²) < 4.78 is 46.4. The first kappa shape index (κ1) is 25.2. The van der Waals surface area contributed by atoms with E-state index in [1.54, 1.807) is 11.0 Å². The molecule has 0 bridgehead atoms. The van der Waals surface area contributed by atoms with Crippen LogP contribution in [0, 0.1) is 0 Å². The van der Waals surface area contributed by atoms with Crippen molar-refractivity contribution >= 4 is 17.4 Å². The number of carbonyl (C=O) groups is 1. The fourth-order valence-corrected chi connectivity index (χ4v) is 4.98. The van der Waals surface area contributed by atoms with Gasteiger partial charge in [-0.25, -0.2) is 0 Å². The second kappa shape index (κ2) is 10.2. The molecule has 37 heavy (non-hydrogen) atoms. The molecule has 12 heteroatoms. The summed E-state index contributed by atoms with van der Waals surface area (Å²) in [6.07, 6.45) is -2.93. The summed E-state index contributed by atoms with van der Waals surface area (Å²) >= 11 is 0. The van der Waals surface area contributed by atoms with Crippen molar-refractivity contribution in [1.29, 1.82) is 0 Å². The first-order chi connectivity index (χ1) is 17.7. The highest BCUT2D eigenvalue weighted by Gasteiger charge is 2.38. The van der Waals surface area contributed by atoms with Gasteiger partial charge >= 0.3 is 6.18 Å². The number of anilines is 1. The van der Waals surface area contributed by atoms with Crippen LogP contribution in [0.1, 0.15) is 37.1 Å². The fourth-order valence-electron chi connectivity index (χ4n) is 4.98. The molecule has 2 aliphatic rings. The zero-order chi connectivity index (χ0) is 26.2. The third-order valence-electron chi connectivity index (χ3n) is 7.06. The largest absolute Gasteiger partial charge is 0.489 e. The number of amides is 1. The van der Waals surface area contributed by atoms with Crippen LogP contribution in [0.5, 0.6) is 5.75 Å². The molecule has 2 fully saturated rings. The Bertz CT molecular complexity index is 1240. The summed E-state index contributed by atoms with van der Waals surface area (Å²) in [6.45, 7) is 6.08. The Balaban J connectivity index is 1.15. The molecule has 2 saturated heterocycles. The van der Waals surface area contributed by atoms with E-state index < -0.39 is 12.0 Å². The van der Waals surface area contributed by atoms with Crippen molar-refractivity contribution in [1.82, 2.24) is 29.6 Å². The molecule has 0 aliphatic carbocycles. The van der Waals surface area contributed by atoms with Crippen LogP contribution in [-0.4, -0.2) is 87.9 Å². The van der Waals surface area contributed by atoms with Crippen LogP contribution in [0.3, 0.4) is 0 Å². The maximum absolute atomic E-state index is 13.2. The van der Waals surface area contributed by atoms with Gasteiger partial charge in [-0.2, -0.15) is 17.7 Å². The fraction of sp³-hybridized carbons (Fsp3) is 0.520. The molecule has 1 atom stereocenters. The second-order valence-electron chi connectivity index (χ2n) is 9.79. The predicted octanol–water partition coefficient (Wildman–Crippen LogP) is 3.07. The van der Waals surface area contributed by atoms with Crippen molar-refractivity contribution in [3.05, 3.63) is 47.8 Å². The molecule has 1 aromatic carbocycles. The van der Waals surface area contributed by atoms with Gasteiger partial charge in [-0.1, -0.05) is 12.1 Å². The number of fused-ring (bicyclic) bond motifs is 1. The third-order valence-corrected chi connectivity index (χ3v) is 7.06. The molecule has 9 nitrogen and oxygen atoms in total. The van der Waals surface area contributed by atoms with E-state index >= 15 is 0 Å². The number of carbonyl (C=O) groups excluding carboxylic acids is 1. The number of rotatable bonds is 6. The highest BCUT2D eigenvalue weighted by molar-refractivity contribution is 5.78. The number of aromatic nitrogens is 4. The van der Waals surface area contributed by atoms with Crippen LogP contribution in [-0.2, 0) is 11.0 Å². The molecule has 2 aliphatic heterocycles. The maximum Gasteiger partial charge on any atom is 0.453 e. The van der Waals surface area contributed by atoms with Gasteiger partial charge in [0.05, 0.1) is 6.54 Å². The minimum absolute atomic E-state index is 0.0429. The van der Waals surface area contributed by atoms with Gasteiger partial charge in [-0.05, 0) is 55.5 Å². The van der Waals surface area contributed by atoms with Crippen LogP contribution >= 0.6 is 0 Å². The summed E-state index contributed by atoms with van der Waals surface area (Å²) in [5.41, 5.74) is 1.28. The molecule has 4 heterocycles. The topological polar surface area (TPSA) is 79.1 Å². The number of hydrogen-bond acceptors (Lipinski definition) is 7. The smallest absolute Gasteiger partial charge is 0.453 e. The molecule has 0 radical (unpaired) electrons. The van der Waals surface area contributed by atoms with E-state index in [4.69, 9.17) is 4.74 Å². The molecule has 0 saturated carbocycles. The molecule has 5 rings (SSSR count). The van der Waals surface area contributed by atoms with Crippen LogP contribution < -0.4 is 9.64 Å². The van der Waals surface area contributed by atoms with Gasteiger partial charge in [0, 0.05) is 39.8 Å². The Labute approximate surface area is 212 Å². The minimum atomic E-state index is -4.62. The lowest BCUT2D eigenvalue weighted by Gasteiger charge is -2.33. The van der Waals surface area contributed by atoms with Crippen molar-refractivity contribution in [2.45, 2.75) is 38.0 Å². The molecule has 1 unspecified atom stereocenters. The number of piperidine rings is 1. The van der Waals surface area contributed by atoms with Crippen LogP contribution in [0.25, 0.3) is 5.65 Å². The average molecular weight is 518 g/mol. The van der Waals surface area contributed by atoms with Crippen molar-refractivity contribution in [2.24, 2.45) is 0 Å². The van der Waals surface area contributed by atoms with Gasteiger partial charge < -0.3 is 14.5 Å². The summed E-state index contributed by atoms with van der Waals surface area (Å²) in [4.78, 5) is 17.8. The Kier molecular flexibility index (Phi) is 6.93. The second-order valence-corrected chi connectivity index (χ2v) is 9.79. The quantitative estimate of drug-likeness (QED) is 0.497. The number of halogens is 3. The Morgan fingerprint density at radius 3 is 2.43 bits per heavy atom. The summed E-state index contributed by atoms with van der Waals surface area (Å²) in [7, 11) is 1.83. The first-order valence-corrected chi connectivity index (χ1v) is 12.4. The van der Waals surface area contributed by atoms with Crippen LogP contribution in [0.2, 0.25) is 0 Å². The van der Waals surface area contributed by atoms with Crippen LogP contribution in [0.4, 0.5) is 19.0 Å². The zero-order valence-electron chi connectivity index (χ0n) is 20.9. The highest BCUT2D eigenvalue weighted by atomic mass is 19.4. The van der Waals surface area contributed by atoms with Crippen molar-refractivity contribution < 1.29 is 22.7 Å². The number of piperazine rings is 1. The average Bonchev–Trinajstić information content (AvgIpc) is 3.31. The van der Waals surface area contributed by atoms with E-state index in [1.807, 2.05) is 31.0 Å². The van der Waals surface area contributed by atoms with Gasteiger partial charge in [0.15, 0.2) is 5.65 Å². The van der Waals surface area contributed by atoms with E-state index in [2.05, 4.69) is 32.3 Å². The number of alkyl halides is 3. The first-order valence-electron chi connectivity index (χ1n) is 12.4. The molecule has 1 amide bonds. The van der Waals surface area contributed by atoms with Gasteiger partial charge in [-0.3, -0.25) is 9.69 Å². The number of hydrogen-bond donors (Lipinski definition) is 0. The lowest BCUT2D eigenvalue weighted by atomic mass is 9.89. The van der Waals surface area contributed by atoms with Crippen LogP contribution in [0.15, 0.2) is 36.4 Å². The van der Waals surface area contributed by atoms with E-state index in [9.17, 15) is 18.0 Å². The van der Waals surface area contributed by atoms with E-state index in [-0.39, 0.29) is 17.7 Å². The standard InChI is InChI=1S/C25H30F3N7O2/c1-17(15-33-14-13-32(2)23(36)16-33)37-20-5-3-18(4-6-20)19-9-11-34(12-10-19)22-8-7-21-29-30-24(25(26,27)28)35(21)31-22/h3-8,17,19H,9-16H2,1-2H3. The van der Waals surface area contributed by atoms with Gasteiger partial charge in [0.2, 0.25) is 5.91 Å². The number of likely N-dealkylation sites (N-methyl/N-ethyl adjacent to an activating group) is 1. The lowest BCUT2D eigenvalue weighted by molar-refractivity contribution is -0.146. The van der Waals surface area contributed by atoms with Crippen molar-refractivity contribution in [3.8, 4) is 5.75 Å². The molecule has 3 aromatic rings. The summed E-state index contributed by atoms with van der Waals surface area (Å²) in [5, 5.41) is 11.0. The predicted molar refractivity (Wildman–Crippen MR) is 131 cm³/mol. The number of ether oxygens (including phenoxy) is 1. The van der Waals surface area contributed by atoms with E-state index in [0.717, 1.165) is 36.2 Å². The van der Waals surface area contributed by atoms with E-state index in [1.165, 1.54) is 11.6 Å². The summed E-state index contributed by atoms with van der Waals surface area (Å²) in [5.74, 6) is 0.642. The summed E-state index contributed by atoms with van der Waals surface area (Å²) in [6, 6.07) is 11.3. The zero-order valence-corrected chi connectivity index (χ0v) is 20.9. The van der Waals surface area contributed by atoms with E-state index in [0.29, 0.717) is 37.9 Å². The number of nitrogens with zero attached hydrogens (tertiary/aromatic N) is 7. The normalized spacial score (nSPS) is 19.0. The number of benzene rings is 1. The van der Waals surface area contributed by atoms with Crippen molar-refractivity contribution in [2.75, 3.05) is 51.2 Å². The molecular formula is C25H30F3N7O2. The highest BCUT2D eigenvalue weighted by Crippen LogP contribution is 2.32. The monoisotopic (exact) mass is 517 g/mol. The van der Waals surface area contributed by atoms with Gasteiger partial charge in [0.1, 0.15) is 17.7 Å². The minimum Gasteiger partial charge on any atom is -0.489 e. The van der Waals surface area contributed by atoms with Crippen molar-refractivity contribution in [3.63, 3.8) is 0 Å². The molecule has 2 aromatic heterocycles. The molecule has 0 spiro atoms. The molecule has 0 N–H and O–H groups in total. The lowest BCUT2D eigenvalue weighted by Crippen LogP contribution is -2.50.